The maximum absolute atomic E-state index is 11.8. The molecule has 2 aliphatic rings. The van der Waals surface area contributed by atoms with Crippen molar-refractivity contribution in [3.05, 3.63) is 44.5 Å². The summed E-state index contributed by atoms with van der Waals surface area (Å²) < 4.78 is 16.5. The van der Waals surface area contributed by atoms with Gasteiger partial charge >= 0.3 is 11.9 Å². The van der Waals surface area contributed by atoms with Crippen molar-refractivity contribution in [2.75, 3.05) is 7.11 Å². The number of aliphatic carboxylic acids is 1. The number of carbonyl (C=O) groups is 2. The zero-order valence-electron chi connectivity index (χ0n) is 23.2. The Hall–Kier alpha value is -3.42. The molecule has 0 bridgehead atoms. The van der Waals surface area contributed by atoms with Crippen molar-refractivity contribution in [1.82, 2.24) is 0 Å². The van der Waals surface area contributed by atoms with E-state index in [4.69, 9.17) is 14.2 Å². The molecule has 0 aliphatic carbocycles. The number of carbonyl (C=O) groups excluding carboxylic acids is 1. The van der Waals surface area contributed by atoms with Crippen molar-refractivity contribution in [1.29, 1.82) is 0 Å². The van der Waals surface area contributed by atoms with Crippen LogP contribution in [0, 0.1) is 41.5 Å². The van der Waals surface area contributed by atoms with Crippen LogP contribution in [0.5, 0.6) is 23.0 Å². The van der Waals surface area contributed by atoms with Crippen LogP contribution >= 0.6 is 0 Å². The van der Waals surface area contributed by atoms with E-state index in [-0.39, 0.29) is 11.7 Å². The molecule has 0 aromatic heterocycles. The molecule has 0 amide bonds. The van der Waals surface area contributed by atoms with E-state index in [0.717, 1.165) is 44.5 Å². The van der Waals surface area contributed by atoms with Gasteiger partial charge in [-0.2, -0.15) is 0 Å². The van der Waals surface area contributed by atoms with Crippen LogP contribution in [0.25, 0.3) is 0 Å². The van der Waals surface area contributed by atoms with Gasteiger partial charge in [-0.1, -0.05) is 0 Å². The van der Waals surface area contributed by atoms with Crippen molar-refractivity contribution >= 4 is 11.9 Å². The third-order valence-corrected chi connectivity index (χ3v) is 8.11. The molecule has 0 spiro atoms. The van der Waals surface area contributed by atoms with Crippen LogP contribution in [0.15, 0.2) is 0 Å². The Morgan fingerprint density at radius 3 is 1.46 bits per heavy atom. The molecule has 4 rings (SSSR count). The van der Waals surface area contributed by atoms with Gasteiger partial charge < -0.3 is 29.5 Å². The lowest BCUT2D eigenvalue weighted by Gasteiger charge is -2.35. The van der Waals surface area contributed by atoms with Crippen LogP contribution in [0.4, 0.5) is 0 Å². The molecule has 37 heavy (non-hydrogen) atoms. The first-order chi connectivity index (χ1) is 17.1. The molecule has 8 heteroatoms. The number of carboxylic acids is 1. The summed E-state index contributed by atoms with van der Waals surface area (Å²) in [5.41, 5.74) is 4.68. The molecule has 0 saturated heterocycles. The van der Waals surface area contributed by atoms with E-state index in [2.05, 4.69) is 0 Å². The van der Waals surface area contributed by atoms with Gasteiger partial charge in [0.1, 0.15) is 23.0 Å². The number of methoxy groups -OCH3 is 1. The summed E-state index contributed by atoms with van der Waals surface area (Å²) in [6.45, 7) is 14.5. The highest BCUT2D eigenvalue weighted by atomic mass is 16.6. The number of fused-ring (bicyclic) bond motifs is 2. The van der Waals surface area contributed by atoms with Crippen molar-refractivity contribution in [3.8, 4) is 23.0 Å². The average Bonchev–Trinajstić information content (AvgIpc) is 2.87. The number of benzene rings is 2. The van der Waals surface area contributed by atoms with Gasteiger partial charge in [0.2, 0.25) is 11.2 Å². The minimum Gasteiger partial charge on any atom is -0.507 e. The first-order valence-electron chi connectivity index (χ1n) is 12.4. The second kappa shape index (κ2) is 9.80. The normalized spacial score (nSPS) is 21.9. The monoisotopic (exact) mass is 514 g/mol. The molecule has 202 valence electrons. The van der Waals surface area contributed by atoms with Gasteiger partial charge in [0, 0.05) is 24.0 Å². The lowest BCUT2D eigenvalue weighted by atomic mass is 9.87. The fourth-order valence-electron chi connectivity index (χ4n) is 5.01. The summed E-state index contributed by atoms with van der Waals surface area (Å²) in [6, 6.07) is 0. The lowest BCUT2D eigenvalue weighted by Crippen LogP contribution is -2.45. The minimum atomic E-state index is -1.17. The Morgan fingerprint density at radius 1 is 0.703 bits per heavy atom. The molecule has 2 aromatic carbocycles. The number of phenols is 2. The number of aromatic hydroxyl groups is 2. The molecule has 2 aromatic rings. The lowest BCUT2D eigenvalue weighted by molar-refractivity contribution is -0.159. The number of ether oxygens (including phenoxy) is 3. The van der Waals surface area contributed by atoms with E-state index in [1.54, 1.807) is 13.8 Å². The van der Waals surface area contributed by atoms with Crippen molar-refractivity contribution < 1.29 is 39.1 Å². The van der Waals surface area contributed by atoms with E-state index in [1.165, 1.54) is 7.11 Å². The number of phenolic OH excluding ortho intramolecular Hbond substituents is 2. The van der Waals surface area contributed by atoms with Gasteiger partial charge in [0.25, 0.3) is 0 Å². The topological polar surface area (TPSA) is 123 Å². The number of hydrogen-bond acceptors (Lipinski definition) is 7. The maximum Gasteiger partial charge on any atom is 0.349 e. The SMILES string of the molecule is COC(=O)C1(C)CCc2c(C)c(O)c(C)c(C)c2O1.Cc1c(C)c2c(c(C)c1O)CCC(C)(C(=O)O)O2. The third-order valence-electron chi connectivity index (χ3n) is 8.11. The molecular formula is C29H38O8. The maximum atomic E-state index is 11.8. The largest absolute Gasteiger partial charge is 0.507 e. The van der Waals surface area contributed by atoms with Crippen LogP contribution in [-0.2, 0) is 27.2 Å². The summed E-state index contributed by atoms with van der Waals surface area (Å²) in [7, 11) is 1.37. The number of hydrogen-bond donors (Lipinski definition) is 3. The summed E-state index contributed by atoms with van der Waals surface area (Å²) >= 11 is 0. The van der Waals surface area contributed by atoms with E-state index in [1.807, 2.05) is 41.5 Å². The Kier molecular flexibility index (Phi) is 7.46. The van der Waals surface area contributed by atoms with Crippen LogP contribution in [0.1, 0.15) is 71.2 Å². The fourth-order valence-corrected chi connectivity index (χ4v) is 5.01. The Morgan fingerprint density at radius 2 is 1.08 bits per heavy atom. The van der Waals surface area contributed by atoms with Gasteiger partial charge in [-0.15, -0.1) is 0 Å². The smallest absolute Gasteiger partial charge is 0.349 e. The van der Waals surface area contributed by atoms with Crippen LogP contribution in [0.3, 0.4) is 0 Å². The molecule has 2 atom stereocenters. The van der Waals surface area contributed by atoms with Gasteiger partial charge in [-0.05, 0) is 102 Å². The highest BCUT2D eigenvalue weighted by molar-refractivity contribution is 5.80. The molecule has 0 radical (unpaired) electrons. The molecule has 8 nitrogen and oxygen atoms in total. The molecule has 2 aliphatic heterocycles. The standard InChI is InChI=1S/C15H20O4.C14H18O4/c1-8-9(2)13-11(10(3)12(8)16)6-7-15(4,19-13)14(17)18-5;1-7-8(2)12-10(9(3)11(7)15)5-6-14(4,18-12)13(16)17/h16H,6-7H2,1-5H3;15H,5-6H2,1-4H3,(H,16,17). The number of esters is 1. The van der Waals surface area contributed by atoms with E-state index in [9.17, 15) is 24.9 Å². The molecular weight excluding hydrogens is 476 g/mol. The van der Waals surface area contributed by atoms with Crippen molar-refractivity contribution in [3.63, 3.8) is 0 Å². The Balaban J connectivity index is 0.000000206. The number of rotatable bonds is 2. The van der Waals surface area contributed by atoms with Gasteiger partial charge in [0.05, 0.1) is 7.11 Å². The van der Waals surface area contributed by atoms with Crippen molar-refractivity contribution in [2.45, 2.75) is 92.3 Å². The zero-order chi connectivity index (χ0) is 28.0. The predicted octanol–water partition coefficient (Wildman–Crippen LogP) is 5.06. The molecule has 3 N–H and O–H groups in total. The third kappa shape index (κ3) is 4.69. The average molecular weight is 515 g/mol. The second-order valence-electron chi connectivity index (χ2n) is 10.5. The highest BCUT2D eigenvalue weighted by Gasteiger charge is 2.42. The van der Waals surface area contributed by atoms with E-state index >= 15 is 0 Å². The second-order valence-corrected chi connectivity index (χ2v) is 10.5. The Labute approximate surface area is 218 Å². The van der Waals surface area contributed by atoms with Crippen LogP contribution in [-0.4, -0.2) is 45.6 Å². The summed E-state index contributed by atoms with van der Waals surface area (Å²) in [5.74, 6) is 0.637. The van der Waals surface area contributed by atoms with Gasteiger partial charge in [-0.3, -0.25) is 0 Å². The van der Waals surface area contributed by atoms with Crippen LogP contribution in [0.2, 0.25) is 0 Å². The molecule has 0 fully saturated rings. The van der Waals surface area contributed by atoms with Crippen molar-refractivity contribution in [2.24, 2.45) is 0 Å². The Bertz CT molecular complexity index is 1280. The summed E-state index contributed by atoms with van der Waals surface area (Å²) in [6.07, 6.45) is 2.27. The molecule has 2 heterocycles. The summed E-state index contributed by atoms with van der Waals surface area (Å²) in [5, 5.41) is 29.3. The minimum absolute atomic E-state index is 0.286. The quantitative estimate of drug-likeness (QED) is 0.476. The number of carboxylic acid groups (broad SMARTS) is 1. The zero-order valence-corrected chi connectivity index (χ0v) is 23.2. The predicted molar refractivity (Wildman–Crippen MR) is 139 cm³/mol. The first-order valence-corrected chi connectivity index (χ1v) is 12.4. The van der Waals surface area contributed by atoms with Gasteiger partial charge in [0.15, 0.2) is 0 Å². The fraction of sp³-hybridized carbons (Fsp3) is 0.517. The van der Waals surface area contributed by atoms with E-state index < -0.39 is 17.2 Å². The molecule has 2 unspecified atom stereocenters. The van der Waals surface area contributed by atoms with E-state index in [0.29, 0.717) is 42.9 Å². The first kappa shape index (κ1) is 28.2. The van der Waals surface area contributed by atoms with Crippen LogP contribution < -0.4 is 9.47 Å². The summed E-state index contributed by atoms with van der Waals surface area (Å²) in [4.78, 5) is 23.1. The van der Waals surface area contributed by atoms with Gasteiger partial charge in [-0.25, -0.2) is 9.59 Å². The molecule has 0 saturated carbocycles. The highest BCUT2D eigenvalue weighted by Crippen LogP contribution is 2.44.